The summed E-state index contributed by atoms with van der Waals surface area (Å²) in [5, 5.41) is 9.17. The molecule has 4 aromatic rings. The average Bonchev–Trinajstić information content (AvgIpc) is 3.16. The topological polar surface area (TPSA) is 77.2 Å². The van der Waals surface area contributed by atoms with Gasteiger partial charge in [0.1, 0.15) is 11.4 Å². The van der Waals surface area contributed by atoms with E-state index in [0.29, 0.717) is 12.5 Å². The van der Waals surface area contributed by atoms with Gasteiger partial charge in [0.15, 0.2) is 0 Å². The molecule has 0 aliphatic rings. The number of aryl methyl sites for hydroxylation is 2. The molecule has 0 aliphatic carbocycles. The predicted molar refractivity (Wildman–Crippen MR) is 122 cm³/mol. The molecule has 156 valence electrons. The van der Waals surface area contributed by atoms with Gasteiger partial charge in [0.25, 0.3) is 0 Å². The third-order valence-corrected chi connectivity index (χ3v) is 4.67. The molecular weight excluding hydrogens is 388 g/mol. The van der Waals surface area contributed by atoms with Gasteiger partial charge in [-0.25, -0.2) is 15.4 Å². The van der Waals surface area contributed by atoms with Crippen LogP contribution in [0.2, 0.25) is 0 Å². The van der Waals surface area contributed by atoms with Crippen LogP contribution < -0.4 is 10.2 Å². The second-order valence-corrected chi connectivity index (χ2v) is 7.19. The Bertz CT molecular complexity index is 1180. The van der Waals surface area contributed by atoms with E-state index in [9.17, 15) is 0 Å². The van der Waals surface area contributed by atoms with Crippen molar-refractivity contribution in [1.82, 2.24) is 19.7 Å². The minimum absolute atomic E-state index is 0.466. The van der Waals surface area contributed by atoms with Crippen molar-refractivity contribution in [1.29, 1.82) is 0 Å². The molecule has 0 aliphatic heterocycles. The van der Waals surface area contributed by atoms with E-state index in [1.165, 1.54) is 5.56 Å². The Morgan fingerprint density at radius 3 is 2.52 bits per heavy atom. The lowest BCUT2D eigenvalue weighted by molar-refractivity contribution is 0.415. The zero-order valence-corrected chi connectivity index (χ0v) is 17.8. The second kappa shape index (κ2) is 9.21. The van der Waals surface area contributed by atoms with Gasteiger partial charge in [-0.1, -0.05) is 42.5 Å². The van der Waals surface area contributed by atoms with Crippen molar-refractivity contribution in [3.05, 3.63) is 89.4 Å². The van der Waals surface area contributed by atoms with Crippen LogP contribution in [-0.2, 0) is 6.54 Å². The van der Waals surface area contributed by atoms with Gasteiger partial charge in [0.2, 0.25) is 5.95 Å². The van der Waals surface area contributed by atoms with E-state index in [1.54, 1.807) is 13.3 Å². The molecule has 7 nitrogen and oxygen atoms in total. The molecule has 4 rings (SSSR count). The van der Waals surface area contributed by atoms with E-state index in [4.69, 9.17) is 9.84 Å². The Kier molecular flexibility index (Phi) is 6.03. The fraction of sp³-hybridized carbons (Fsp3) is 0.167. The summed E-state index contributed by atoms with van der Waals surface area (Å²) in [6, 6.07) is 20.0. The maximum absolute atomic E-state index is 5.38. The number of hydrazone groups is 1. The van der Waals surface area contributed by atoms with Gasteiger partial charge in [0, 0.05) is 28.7 Å². The number of benzene rings is 2. The largest absolute Gasteiger partial charge is 0.497 e. The van der Waals surface area contributed by atoms with E-state index >= 15 is 0 Å². The monoisotopic (exact) mass is 412 g/mol. The quantitative estimate of drug-likeness (QED) is 0.358. The minimum Gasteiger partial charge on any atom is -0.497 e. The summed E-state index contributed by atoms with van der Waals surface area (Å²) in [5.74, 6) is 1.24. The molecule has 0 radical (unpaired) electrons. The zero-order valence-electron chi connectivity index (χ0n) is 17.8. The molecule has 31 heavy (non-hydrogen) atoms. The minimum atomic E-state index is 0.466. The normalized spacial score (nSPS) is 11.1. The van der Waals surface area contributed by atoms with Crippen LogP contribution in [0.5, 0.6) is 5.75 Å². The summed E-state index contributed by atoms with van der Waals surface area (Å²) in [6.45, 7) is 4.52. The summed E-state index contributed by atoms with van der Waals surface area (Å²) < 4.78 is 7.30. The number of ether oxygens (including phenoxy) is 1. The first-order valence-corrected chi connectivity index (χ1v) is 9.98. The number of hydrogen-bond donors (Lipinski definition) is 1. The third kappa shape index (κ3) is 5.14. The highest BCUT2D eigenvalue weighted by Gasteiger charge is 2.11. The SMILES string of the molecule is COc1cccc(-c2nn(Cc3ccccc3)cc2/C=N\Nc2nc(C)cc(C)n2)c1. The summed E-state index contributed by atoms with van der Waals surface area (Å²) in [4.78, 5) is 8.71. The Morgan fingerprint density at radius 1 is 1.00 bits per heavy atom. The fourth-order valence-electron chi connectivity index (χ4n) is 3.31. The van der Waals surface area contributed by atoms with Crippen molar-refractivity contribution in [3.8, 4) is 17.0 Å². The lowest BCUT2D eigenvalue weighted by Gasteiger charge is -2.04. The van der Waals surface area contributed by atoms with Crippen molar-refractivity contribution in [3.63, 3.8) is 0 Å². The van der Waals surface area contributed by atoms with Crippen LogP contribution in [0.3, 0.4) is 0 Å². The zero-order chi connectivity index (χ0) is 21.6. The summed E-state index contributed by atoms with van der Waals surface area (Å²) in [6.07, 6.45) is 3.72. The van der Waals surface area contributed by atoms with E-state index < -0.39 is 0 Å². The number of anilines is 1. The number of hydrogen-bond acceptors (Lipinski definition) is 6. The highest BCUT2D eigenvalue weighted by atomic mass is 16.5. The smallest absolute Gasteiger partial charge is 0.243 e. The molecular formula is C24H24N6O. The molecule has 0 atom stereocenters. The number of methoxy groups -OCH3 is 1. The molecule has 0 spiro atoms. The molecule has 2 aromatic heterocycles. The van der Waals surface area contributed by atoms with E-state index in [1.807, 2.05) is 73.3 Å². The summed E-state index contributed by atoms with van der Waals surface area (Å²) in [7, 11) is 1.66. The standard InChI is InChI=1S/C24H24N6O/c1-17-12-18(2)27-24(26-17)28-25-14-21-16-30(15-19-8-5-4-6-9-19)29-23(21)20-10-7-11-22(13-20)31-3/h4-14,16H,15H2,1-3H3,(H,26,27,28)/b25-14-. The lowest BCUT2D eigenvalue weighted by atomic mass is 10.1. The summed E-state index contributed by atoms with van der Waals surface area (Å²) in [5.41, 5.74) is 8.52. The number of nitrogens with one attached hydrogen (secondary N) is 1. The number of nitrogens with zero attached hydrogens (tertiary/aromatic N) is 5. The lowest BCUT2D eigenvalue weighted by Crippen LogP contribution is -2.00. The van der Waals surface area contributed by atoms with E-state index in [2.05, 4.69) is 32.6 Å². The summed E-state index contributed by atoms with van der Waals surface area (Å²) >= 11 is 0. The van der Waals surface area contributed by atoms with Crippen molar-refractivity contribution in [2.75, 3.05) is 12.5 Å². The van der Waals surface area contributed by atoms with Crippen LogP contribution in [0.15, 0.2) is 72.0 Å². The molecule has 0 bridgehead atoms. The van der Waals surface area contributed by atoms with Crippen molar-refractivity contribution in [2.24, 2.45) is 5.10 Å². The molecule has 0 saturated heterocycles. The van der Waals surface area contributed by atoms with Crippen molar-refractivity contribution >= 4 is 12.2 Å². The Hall–Kier alpha value is -4.00. The van der Waals surface area contributed by atoms with Gasteiger partial charge >= 0.3 is 0 Å². The van der Waals surface area contributed by atoms with Crippen molar-refractivity contribution in [2.45, 2.75) is 20.4 Å². The van der Waals surface area contributed by atoms with Crippen LogP contribution in [0.25, 0.3) is 11.3 Å². The van der Waals surface area contributed by atoms with Crippen molar-refractivity contribution < 1.29 is 4.74 Å². The molecule has 0 unspecified atom stereocenters. The molecule has 7 heteroatoms. The second-order valence-electron chi connectivity index (χ2n) is 7.19. The van der Waals surface area contributed by atoms with Crippen LogP contribution in [0, 0.1) is 13.8 Å². The van der Waals surface area contributed by atoms with Gasteiger partial charge in [0.05, 0.1) is 19.9 Å². The van der Waals surface area contributed by atoms with Gasteiger partial charge in [-0.2, -0.15) is 10.2 Å². The van der Waals surface area contributed by atoms with Gasteiger partial charge in [-0.3, -0.25) is 4.68 Å². The first-order valence-electron chi connectivity index (χ1n) is 9.98. The van der Waals surface area contributed by atoms with Gasteiger partial charge in [-0.15, -0.1) is 0 Å². The molecule has 0 amide bonds. The first-order chi connectivity index (χ1) is 15.1. The van der Waals surface area contributed by atoms with E-state index in [0.717, 1.165) is 34.0 Å². The molecule has 2 heterocycles. The molecule has 1 N–H and O–H groups in total. The molecule has 0 saturated carbocycles. The van der Waals surface area contributed by atoms with E-state index in [-0.39, 0.29) is 0 Å². The highest BCUT2D eigenvalue weighted by Crippen LogP contribution is 2.25. The average molecular weight is 412 g/mol. The maximum Gasteiger partial charge on any atom is 0.243 e. The fourth-order valence-corrected chi connectivity index (χ4v) is 3.31. The van der Waals surface area contributed by atoms with Crippen LogP contribution in [0.4, 0.5) is 5.95 Å². The highest BCUT2D eigenvalue weighted by molar-refractivity contribution is 5.89. The maximum atomic E-state index is 5.38. The predicted octanol–water partition coefficient (Wildman–Crippen LogP) is 4.46. The Balaban J connectivity index is 1.65. The number of rotatable bonds is 7. The first kappa shape index (κ1) is 20.3. The Labute approximate surface area is 181 Å². The molecule has 0 fully saturated rings. The van der Waals surface area contributed by atoms with Crippen LogP contribution in [-0.4, -0.2) is 33.1 Å². The van der Waals surface area contributed by atoms with Gasteiger partial charge in [-0.05, 0) is 37.6 Å². The van der Waals surface area contributed by atoms with Gasteiger partial charge < -0.3 is 4.74 Å². The van der Waals surface area contributed by atoms with Crippen LogP contribution in [0.1, 0.15) is 22.5 Å². The Morgan fingerprint density at radius 2 is 1.77 bits per heavy atom. The van der Waals surface area contributed by atoms with Crippen LogP contribution >= 0.6 is 0 Å². The number of aromatic nitrogens is 4. The molecule has 2 aromatic carbocycles. The third-order valence-electron chi connectivity index (χ3n) is 4.67.